The minimum Gasteiger partial charge on any atom is -0.495 e. The first-order valence-electron chi connectivity index (χ1n) is 15.8. The summed E-state index contributed by atoms with van der Waals surface area (Å²) < 4.78 is 11.0. The van der Waals surface area contributed by atoms with E-state index >= 15 is 0 Å². The number of para-hydroxylation sites is 2. The molecule has 0 aromatic heterocycles. The lowest BCUT2D eigenvalue weighted by Crippen LogP contribution is -2.47. The summed E-state index contributed by atoms with van der Waals surface area (Å²) in [6.07, 6.45) is 7.40. The van der Waals surface area contributed by atoms with Crippen molar-refractivity contribution in [2.75, 3.05) is 87.8 Å². The number of hydrogen-bond acceptors (Lipinski definition) is 7. The maximum absolute atomic E-state index is 13.6. The van der Waals surface area contributed by atoms with Gasteiger partial charge in [-0.3, -0.25) is 14.5 Å². The molecule has 0 atom stereocenters. The Kier molecular flexibility index (Phi) is 11.0. The van der Waals surface area contributed by atoms with Crippen LogP contribution in [-0.4, -0.2) is 89.4 Å². The van der Waals surface area contributed by atoms with Crippen LogP contribution in [-0.2, 0) is 9.53 Å². The molecule has 3 fully saturated rings. The number of rotatable bonds is 12. The van der Waals surface area contributed by atoms with Crippen LogP contribution in [0.15, 0.2) is 42.5 Å². The summed E-state index contributed by atoms with van der Waals surface area (Å²) in [7, 11) is 1.70. The number of nitrogens with one attached hydrogen (secondary N) is 2. The van der Waals surface area contributed by atoms with Crippen LogP contribution in [0.1, 0.15) is 55.3 Å². The van der Waals surface area contributed by atoms with Gasteiger partial charge in [-0.05, 0) is 55.6 Å². The SMILES string of the molecule is COc1ccccc1N1CCN(c2ccc(NC(=O)CCC3CCCC3)cc2C(=O)NCCCN2CCOCC2)CC1. The Balaban J connectivity index is 1.23. The van der Waals surface area contributed by atoms with Crippen molar-refractivity contribution in [1.29, 1.82) is 0 Å². The number of benzene rings is 2. The Morgan fingerprint density at radius 2 is 1.64 bits per heavy atom. The Hall–Kier alpha value is -3.30. The molecule has 2 aromatic carbocycles. The highest BCUT2D eigenvalue weighted by Crippen LogP contribution is 2.32. The topological polar surface area (TPSA) is 86.4 Å². The molecular formula is C33H47N5O4. The summed E-state index contributed by atoms with van der Waals surface area (Å²) in [4.78, 5) is 33.3. The molecule has 42 heavy (non-hydrogen) atoms. The van der Waals surface area contributed by atoms with Gasteiger partial charge in [-0.25, -0.2) is 0 Å². The highest BCUT2D eigenvalue weighted by Gasteiger charge is 2.24. The van der Waals surface area contributed by atoms with E-state index in [0.29, 0.717) is 30.1 Å². The second-order valence-corrected chi connectivity index (χ2v) is 11.7. The number of carbonyl (C=O) groups is 2. The standard InChI is InChI=1S/C33H47N5O4/c1-41-31-10-5-4-9-30(31)38-19-17-37(18-20-38)29-13-12-27(35-32(39)14-11-26-7-2-3-8-26)25-28(29)33(40)34-15-6-16-36-21-23-42-24-22-36/h4-5,9-10,12-13,25-26H,2-3,6-8,11,14-24H2,1H3,(H,34,40)(H,35,39). The fraction of sp³-hybridized carbons (Fsp3) is 0.576. The molecule has 1 saturated carbocycles. The molecule has 2 heterocycles. The average Bonchev–Trinajstić information content (AvgIpc) is 3.56. The van der Waals surface area contributed by atoms with E-state index in [0.717, 1.165) is 89.0 Å². The number of anilines is 3. The molecule has 1 aliphatic carbocycles. The second kappa shape index (κ2) is 15.3. The second-order valence-electron chi connectivity index (χ2n) is 11.7. The van der Waals surface area contributed by atoms with Crippen LogP contribution in [0.4, 0.5) is 17.1 Å². The molecule has 0 radical (unpaired) electrons. The molecule has 2 aromatic rings. The molecule has 2 N–H and O–H groups in total. The van der Waals surface area contributed by atoms with Crippen LogP contribution in [0.5, 0.6) is 5.75 Å². The fourth-order valence-corrected chi connectivity index (χ4v) is 6.43. The molecule has 2 amide bonds. The average molecular weight is 578 g/mol. The Morgan fingerprint density at radius 3 is 2.38 bits per heavy atom. The summed E-state index contributed by atoms with van der Waals surface area (Å²) in [6, 6.07) is 13.9. The predicted octanol–water partition coefficient (Wildman–Crippen LogP) is 4.38. The molecule has 3 aliphatic rings. The number of nitrogens with zero attached hydrogens (tertiary/aromatic N) is 3. The molecule has 228 valence electrons. The first-order chi connectivity index (χ1) is 20.6. The number of ether oxygens (including phenoxy) is 2. The van der Waals surface area contributed by atoms with E-state index in [1.807, 2.05) is 36.4 Å². The van der Waals surface area contributed by atoms with Gasteiger partial charge in [-0.1, -0.05) is 37.8 Å². The minimum atomic E-state index is -0.0961. The predicted molar refractivity (Wildman–Crippen MR) is 168 cm³/mol. The normalized spacial score (nSPS) is 18.2. The molecule has 0 bridgehead atoms. The summed E-state index contributed by atoms with van der Waals surface area (Å²) in [6.45, 7) is 8.20. The van der Waals surface area contributed by atoms with E-state index < -0.39 is 0 Å². The Bertz CT molecular complexity index is 1170. The number of amides is 2. The summed E-state index contributed by atoms with van der Waals surface area (Å²) in [5, 5.41) is 6.21. The van der Waals surface area contributed by atoms with Crippen molar-refractivity contribution < 1.29 is 19.1 Å². The lowest BCUT2D eigenvalue weighted by atomic mass is 10.0. The third-order valence-corrected chi connectivity index (χ3v) is 8.87. The fourth-order valence-electron chi connectivity index (χ4n) is 6.43. The van der Waals surface area contributed by atoms with Gasteiger partial charge < -0.3 is 29.9 Å². The third-order valence-electron chi connectivity index (χ3n) is 8.87. The van der Waals surface area contributed by atoms with Crippen LogP contribution in [0.25, 0.3) is 0 Å². The van der Waals surface area contributed by atoms with E-state index in [2.05, 4.69) is 31.4 Å². The zero-order valence-electron chi connectivity index (χ0n) is 25.1. The quantitative estimate of drug-likeness (QED) is 0.362. The molecule has 2 saturated heterocycles. The van der Waals surface area contributed by atoms with Gasteiger partial charge in [0.1, 0.15) is 5.75 Å². The Labute approximate surface area is 250 Å². The van der Waals surface area contributed by atoms with Gasteiger partial charge in [0, 0.05) is 63.6 Å². The van der Waals surface area contributed by atoms with E-state index in [1.54, 1.807) is 7.11 Å². The van der Waals surface area contributed by atoms with Gasteiger partial charge in [0.2, 0.25) is 5.91 Å². The zero-order chi connectivity index (χ0) is 29.1. The molecule has 9 nitrogen and oxygen atoms in total. The van der Waals surface area contributed by atoms with Crippen molar-refractivity contribution in [3.05, 3.63) is 48.0 Å². The summed E-state index contributed by atoms with van der Waals surface area (Å²) in [5.74, 6) is 1.47. The van der Waals surface area contributed by atoms with Crippen molar-refractivity contribution in [2.45, 2.75) is 44.9 Å². The van der Waals surface area contributed by atoms with Crippen LogP contribution in [0.2, 0.25) is 0 Å². The lowest BCUT2D eigenvalue weighted by molar-refractivity contribution is -0.116. The first kappa shape index (κ1) is 30.2. The number of methoxy groups -OCH3 is 1. The minimum absolute atomic E-state index is 0.0249. The number of piperazine rings is 1. The maximum atomic E-state index is 13.6. The molecule has 2 aliphatic heterocycles. The molecule has 5 rings (SSSR count). The molecular weight excluding hydrogens is 530 g/mol. The van der Waals surface area contributed by atoms with E-state index in [1.165, 1.54) is 25.7 Å². The van der Waals surface area contributed by atoms with Gasteiger partial charge in [-0.15, -0.1) is 0 Å². The lowest BCUT2D eigenvalue weighted by Gasteiger charge is -2.38. The van der Waals surface area contributed by atoms with E-state index in [4.69, 9.17) is 9.47 Å². The number of hydrogen-bond donors (Lipinski definition) is 2. The summed E-state index contributed by atoms with van der Waals surface area (Å²) in [5.41, 5.74) is 3.29. The summed E-state index contributed by atoms with van der Waals surface area (Å²) >= 11 is 0. The van der Waals surface area contributed by atoms with Gasteiger partial charge in [0.05, 0.1) is 31.6 Å². The van der Waals surface area contributed by atoms with Gasteiger partial charge in [0.25, 0.3) is 5.91 Å². The third kappa shape index (κ3) is 8.16. The highest BCUT2D eigenvalue weighted by atomic mass is 16.5. The largest absolute Gasteiger partial charge is 0.495 e. The van der Waals surface area contributed by atoms with Crippen LogP contribution < -0.4 is 25.2 Å². The van der Waals surface area contributed by atoms with Crippen molar-refractivity contribution in [3.63, 3.8) is 0 Å². The van der Waals surface area contributed by atoms with Gasteiger partial charge in [0.15, 0.2) is 0 Å². The number of carbonyl (C=O) groups excluding carboxylic acids is 2. The van der Waals surface area contributed by atoms with E-state index in [-0.39, 0.29) is 11.8 Å². The van der Waals surface area contributed by atoms with Gasteiger partial charge >= 0.3 is 0 Å². The van der Waals surface area contributed by atoms with Crippen molar-refractivity contribution in [3.8, 4) is 5.75 Å². The highest BCUT2D eigenvalue weighted by molar-refractivity contribution is 6.02. The van der Waals surface area contributed by atoms with Crippen LogP contribution in [0, 0.1) is 5.92 Å². The van der Waals surface area contributed by atoms with Crippen molar-refractivity contribution in [1.82, 2.24) is 10.2 Å². The Morgan fingerprint density at radius 1 is 0.929 bits per heavy atom. The first-order valence-corrected chi connectivity index (χ1v) is 15.8. The van der Waals surface area contributed by atoms with Crippen LogP contribution in [0.3, 0.4) is 0 Å². The number of morpholine rings is 1. The maximum Gasteiger partial charge on any atom is 0.253 e. The zero-order valence-corrected chi connectivity index (χ0v) is 25.1. The molecule has 0 unspecified atom stereocenters. The van der Waals surface area contributed by atoms with Crippen molar-refractivity contribution >= 4 is 28.9 Å². The van der Waals surface area contributed by atoms with Crippen molar-refractivity contribution in [2.24, 2.45) is 5.92 Å². The monoisotopic (exact) mass is 577 g/mol. The molecule has 9 heteroatoms. The molecule has 0 spiro atoms. The van der Waals surface area contributed by atoms with Crippen LogP contribution >= 0.6 is 0 Å². The van der Waals surface area contributed by atoms with E-state index in [9.17, 15) is 9.59 Å². The van der Waals surface area contributed by atoms with Gasteiger partial charge in [-0.2, -0.15) is 0 Å². The smallest absolute Gasteiger partial charge is 0.253 e.